The van der Waals surface area contributed by atoms with Gasteiger partial charge < -0.3 is 36.6 Å². The summed E-state index contributed by atoms with van der Waals surface area (Å²) in [5.41, 5.74) is 4.83. The number of ether oxygens (including phenoxy) is 1. The van der Waals surface area contributed by atoms with Crippen LogP contribution in [0.25, 0.3) is 0 Å². The monoisotopic (exact) mass is 662 g/mol. The minimum Gasteiger partial charge on any atom is -0.497 e. The van der Waals surface area contributed by atoms with E-state index in [1.807, 2.05) is 58.8 Å². The number of benzene rings is 1. The molecule has 0 heterocycles. The molecule has 3 atom stereocenters. The number of carbonyl (C=O) groups is 5. The van der Waals surface area contributed by atoms with E-state index in [-0.39, 0.29) is 24.2 Å². The van der Waals surface area contributed by atoms with Crippen LogP contribution in [0.4, 0.5) is 0 Å². The number of likely N-dealkylation sites (N-methyl/N-ethyl adjacent to an activating group) is 1. The van der Waals surface area contributed by atoms with E-state index in [1.165, 1.54) is 0 Å². The first kappa shape index (κ1) is 43.3. The number of carbonyl (C=O) groups excluding carboxylic acids is 5. The highest BCUT2D eigenvalue weighted by Crippen LogP contribution is 2.28. The summed E-state index contributed by atoms with van der Waals surface area (Å²) in [6, 6.07) is 5.63. The second-order valence-electron chi connectivity index (χ2n) is 13.7. The van der Waals surface area contributed by atoms with Crippen molar-refractivity contribution >= 4 is 30.0 Å². The van der Waals surface area contributed by atoms with Crippen LogP contribution in [0.3, 0.4) is 0 Å². The van der Waals surface area contributed by atoms with Gasteiger partial charge in [0.25, 0.3) is 0 Å². The molecule has 0 aliphatic heterocycles. The van der Waals surface area contributed by atoms with Gasteiger partial charge in [0.05, 0.1) is 7.11 Å². The Labute approximate surface area is 282 Å². The summed E-state index contributed by atoms with van der Waals surface area (Å²) in [7, 11) is 5.51. The van der Waals surface area contributed by atoms with E-state index in [2.05, 4.69) is 28.2 Å². The number of rotatable bonds is 21. The molecular weight excluding hydrogens is 600 g/mol. The number of hydrogen-bond acceptors (Lipinski definition) is 7. The zero-order chi connectivity index (χ0) is 36.2. The van der Waals surface area contributed by atoms with Gasteiger partial charge >= 0.3 is 0 Å². The Morgan fingerprint density at radius 3 is 2.09 bits per heavy atom. The molecule has 268 valence electrons. The summed E-state index contributed by atoms with van der Waals surface area (Å²) in [6.45, 7) is 14.7. The summed E-state index contributed by atoms with van der Waals surface area (Å²) in [4.78, 5) is 63.2. The van der Waals surface area contributed by atoms with E-state index in [1.54, 1.807) is 33.1 Å². The van der Waals surface area contributed by atoms with E-state index in [4.69, 9.17) is 10.5 Å². The smallest absolute Gasteiger partial charge is 0.243 e. The average molecular weight is 663 g/mol. The zero-order valence-corrected chi connectivity index (χ0v) is 30.5. The van der Waals surface area contributed by atoms with E-state index in [0.29, 0.717) is 31.4 Å². The molecule has 1 aromatic rings. The van der Waals surface area contributed by atoms with Crippen molar-refractivity contribution in [2.75, 3.05) is 34.3 Å². The highest BCUT2D eigenvalue weighted by molar-refractivity contribution is 5.92. The van der Waals surface area contributed by atoms with Crippen molar-refractivity contribution in [1.82, 2.24) is 26.2 Å². The molecule has 0 aliphatic rings. The summed E-state index contributed by atoms with van der Waals surface area (Å²) in [5.74, 6) is -0.898. The van der Waals surface area contributed by atoms with Crippen LogP contribution >= 0.6 is 0 Å². The largest absolute Gasteiger partial charge is 0.497 e. The van der Waals surface area contributed by atoms with Crippen molar-refractivity contribution in [3.63, 3.8) is 0 Å². The maximum absolute atomic E-state index is 13.6. The molecule has 12 nitrogen and oxygen atoms in total. The number of unbranched alkanes of at least 4 members (excludes halogenated alkanes) is 2. The van der Waals surface area contributed by atoms with Gasteiger partial charge in [0.1, 0.15) is 17.8 Å². The predicted octanol–water partition coefficient (Wildman–Crippen LogP) is 2.92. The normalized spacial score (nSPS) is 13.3. The third-order valence-electron chi connectivity index (χ3n) is 7.85. The van der Waals surface area contributed by atoms with Crippen molar-refractivity contribution in [3.05, 3.63) is 29.8 Å². The zero-order valence-electron chi connectivity index (χ0n) is 30.5. The minimum atomic E-state index is -0.853. The topological polar surface area (TPSA) is 172 Å². The lowest BCUT2D eigenvalue weighted by molar-refractivity contribution is -0.134. The number of nitrogens with two attached hydrogens (primary N) is 1. The first-order valence-electron chi connectivity index (χ1n) is 16.6. The van der Waals surface area contributed by atoms with E-state index in [9.17, 15) is 24.0 Å². The second kappa shape index (κ2) is 22.0. The Morgan fingerprint density at radius 2 is 1.60 bits per heavy atom. The fraction of sp³-hybridized carbons (Fsp3) is 0.686. The molecule has 0 bridgehead atoms. The molecule has 3 unspecified atom stereocenters. The summed E-state index contributed by atoms with van der Waals surface area (Å²) in [5, 5.41) is 11.3. The molecule has 0 radical (unpaired) electrons. The Morgan fingerprint density at radius 1 is 0.979 bits per heavy atom. The van der Waals surface area contributed by atoms with Crippen LogP contribution in [0.5, 0.6) is 5.75 Å². The number of primary amides is 1. The molecule has 0 aromatic heterocycles. The fourth-order valence-electron chi connectivity index (χ4n) is 4.96. The Balaban J connectivity index is 0.00000233. The molecule has 1 rings (SSSR count). The minimum absolute atomic E-state index is 0.171. The molecule has 0 fully saturated rings. The van der Waals surface area contributed by atoms with Crippen molar-refractivity contribution in [2.24, 2.45) is 17.1 Å². The maximum Gasteiger partial charge on any atom is 0.243 e. The SMILES string of the molecule is CCCCCC(=O)NC(Cc1ccc(OC)cc1)C(=O)NC(C(=O)NC(C)(C)CC(C)(C)C(N)=O)C(C)CC.CN(C)CCNC=O. The molecule has 1 aromatic carbocycles. The van der Waals surface area contributed by atoms with Crippen LogP contribution in [0.2, 0.25) is 0 Å². The number of hydrogen-bond donors (Lipinski definition) is 5. The predicted molar refractivity (Wildman–Crippen MR) is 187 cm³/mol. The molecule has 12 heteroatoms. The standard InChI is InChI=1S/C30H50N4O5.C5H12N2O/c1-9-11-12-13-24(35)32-23(18-21-14-16-22(39-8)17-15-21)26(36)33-25(20(3)10-2)27(37)34-30(6,7)19-29(4,5)28(31)38;1-7(2)4-3-6-5-8/h14-17,20,23,25H,9-13,18-19H2,1-8H3,(H2,31,38)(H,32,35)(H,33,36)(H,34,37);5H,3-4H2,1-2H3,(H,6,8). The maximum atomic E-state index is 13.6. The van der Waals surface area contributed by atoms with Crippen LogP contribution in [0.15, 0.2) is 24.3 Å². The molecular formula is C35H62N6O6. The van der Waals surface area contributed by atoms with Crippen LogP contribution in [0, 0.1) is 11.3 Å². The van der Waals surface area contributed by atoms with Crippen LogP contribution in [-0.4, -0.2) is 86.9 Å². The number of amides is 5. The Hall–Kier alpha value is -3.67. The van der Waals surface area contributed by atoms with Gasteiger partial charge in [-0.3, -0.25) is 24.0 Å². The Kier molecular flexibility index (Phi) is 20.3. The molecule has 47 heavy (non-hydrogen) atoms. The summed E-state index contributed by atoms with van der Waals surface area (Å²) >= 11 is 0. The molecule has 6 N–H and O–H groups in total. The summed E-state index contributed by atoms with van der Waals surface area (Å²) in [6.07, 6.45) is 4.95. The average Bonchev–Trinajstić information content (AvgIpc) is 2.98. The second-order valence-corrected chi connectivity index (χ2v) is 13.7. The summed E-state index contributed by atoms with van der Waals surface area (Å²) < 4.78 is 5.22. The number of nitrogens with zero attached hydrogens (tertiary/aromatic N) is 1. The third-order valence-corrected chi connectivity index (χ3v) is 7.85. The van der Waals surface area contributed by atoms with E-state index in [0.717, 1.165) is 37.9 Å². The van der Waals surface area contributed by atoms with E-state index >= 15 is 0 Å². The van der Waals surface area contributed by atoms with Gasteiger partial charge in [-0.15, -0.1) is 0 Å². The van der Waals surface area contributed by atoms with Crippen molar-refractivity contribution in [2.45, 2.75) is 111 Å². The van der Waals surface area contributed by atoms with Gasteiger partial charge in [0.15, 0.2) is 0 Å². The Bertz CT molecular complexity index is 1110. The van der Waals surface area contributed by atoms with Gasteiger partial charge in [0.2, 0.25) is 30.0 Å². The fourth-order valence-corrected chi connectivity index (χ4v) is 4.96. The molecule has 0 aliphatic carbocycles. The third kappa shape index (κ3) is 18.3. The van der Waals surface area contributed by atoms with Gasteiger partial charge in [-0.05, 0) is 64.4 Å². The van der Waals surface area contributed by atoms with Gasteiger partial charge in [-0.2, -0.15) is 0 Å². The number of methoxy groups -OCH3 is 1. The molecule has 0 saturated heterocycles. The molecule has 5 amide bonds. The lowest BCUT2D eigenvalue weighted by atomic mass is 9.79. The van der Waals surface area contributed by atoms with Crippen molar-refractivity contribution in [3.8, 4) is 5.75 Å². The molecule has 0 spiro atoms. The quantitative estimate of drug-likeness (QED) is 0.0995. The van der Waals surface area contributed by atoms with Crippen molar-refractivity contribution < 1.29 is 28.7 Å². The van der Waals surface area contributed by atoms with Gasteiger partial charge in [0, 0.05) is 36.9 Å². The lowest BCUT2D eigenvalue weighted by Crippen LogP contribution is -2.59. The van der Waals surface area contributed by atoms with E-state index < -0.39 is 34.9 Å². The van der Waals surface area contributed by atoms with Crippen LogP contribution in [-0.2, 0) is 30.4 Å². The van der Waals surface area contributed by atoms with Crippen molar-refractivity contribution in [1.29, 1.82) is 0 Å². The highest BCUT2D eigenvalue weighted by atomic mass is 16.5. The first-order valence-corrected chi connectivity index (χ1v) is 16.6. The highest BCUT2D eigenvalue weighted by Gasteiger charge is 2.37. The molecule has 0 saturated carbocycles. The first-order chi connectivity index (χ1) is 21.9. The van der Waals surface area contributed by atoms with Gasteiger partial charge in [-0.1, -0.05) is 66.0 Å². The lowest BCUT2D eigenvalue weighted by Gasteiger charge is -2.36. The number of nitrogens with one attached hydrogen (secondary N) is 4. The van der Waals surface area contributed by atoms with Crippen LogP contribution in [0.1, 0.15) is 92.6 Å². The van der Waals surface area contributed by atoms with Crippen LogP contribution < -0.4 is 31.7 Å². The van der Waals surface area contributed by atoms with Gasteiger partial charge in [-0.25, -0.2) is 0 Å².